The zero-order valence-corrected chi connectivity index (χ0v) is 13.0. The number of thiophene rings is 2. The molecule has 0 aromatic carbocycles. The molecule has 0 atom stereocenters. The molecular formula is C11H9BrN2O3S2. The summed E-state index contributed by atoms with van der Waals surface area (Å²) in [7, 11) is 1.68. The first-order chi connectivity index (χ1) is 8.97. The molecule has 0 fully saturated rings. The molecule has 2 heterocycles. The number of rotatable bonds is 4. The summed E-state index contributed by atoms with van der Waals surface area (Å²) in [5, 5.41) is 12.5. The molecule has 5 nitrogen and oxygen atoms in total. The van der Waals surface area contributed by atoms with Gasteiger partial charge < -0.3 is 4.90 Å². The van der Waals surface area contributed by atoms with Crippen LogP contribution in [0.25, 0.3) is 0 Å². The van der Waals surface area contributed by atoms with Gasteiger partial charge in [0.1, 0.15) is 0 Å². The van der Waals surface area contributed by atoms with Crippen molar-refractivity contribution in [3.63, 3.8) is 0 Å². The van der Waals surface area contributed by atoms with Gasteiger partial charge in [-0.05, 0) is 39.0 Å². The maximum Gasteiger partial charge on any atom is 0.324 e. The lowest BCUT2D eigenvalue weighted by Gasteiger charge is -2.14. The largest absolute Gasteiger partial charge is 0.337 e. The highest BCUT2D eigenvalue weighted by Gasteiger charge is 2.18. The minimum absolute atomic E-state index is 0.0185. The Morgan fingerprint density at radius 2 is 2.26 bits per heavy atom. The molecule has 0 unspecified atom stereocenters. The first-order valence-corrected chi connectivity index (χ1v) is 7.69. The van der Waals surface area contributed by atoms with Crippen molar-refractivity contribution >= 4 is 49.5 Å². The van der Waals surface area contributed by atoms with Gasteiger partial charge in [-0.3, -0.25) is 14.9 Å². The fourth-order valence-electron chi connectivity index (χ4n) is 1.50. The molecule has 19 heavy (non-hydrogen) atoms. The summed E-state index contributed by atoms with van der Waals surface area (Å²) in [4.78, 5) is 24.1. The average molecular weight is 361 g/mol. The Balaban J connectivity index is 2.07. The fraction of sp³-hybridized carbons (Fsp3) is 0.182. The van der Waals surface area contributed by atoms with E-state index < -0.39 is 4.92 Å². The van der Waals surface area contributed by atoms with E-state index in [1.165, 1.54) is 12.1 Å². The summed E-state index contributed by atoms with van der Waals surface area (Å²) in [6, 6.07) is 4.80. The molecule has 0 N–H and O–H groups in total. The van der Waals surface area contributed by atoms with Crippen LogP contribution in [0.5, 0.6) is 0 Å². The molecule has 0 aliphatic rings. The van der Waals surface area contributed by atoms with Crippen LogP contribution in [0.15, 0.2) is 27.4 Å². The predicted octanol–water partition coefficient (Wildman–Crippen LogP) is 3.75. The number of hydrogen-bond donors (Lipinski definition) is 0. The number of amides is 1. The monoisotopic (exact) mass is 360 g/mol. The first kappa shape index (κ1) is 14.2. The smallest absolute Gasteiger partial charge is 0.324 e. The molecule has 100 valence electrons. The molecule has 2 aromatic rings. The van der Waals surface area contributed by atoms with E-state index in [9.17, 15) is 14.9 Å². The van der Waals surface area contributed by atoms with E-state index in [2.05, 4.69) is 15.9 Å². The van der Waals surface area contributed by atoms with Crippen LogP contribution in [-0.2, 0) is 6.54 Å². The van der Waals surface area contributed by atoms with E-state index in [-0.39, 0.29) is 10.9 Å². The van der Waals surface area contributed by atoms with E-state index in [4.69, 9.17) is 0 Å². The van der Waals surface area contributed by atoms with Crippen LogP contribution in [0.2, 0.25) is 0 Å². The zero-order valence-electron chi connectivity index (χ0n) is 9.83. The summed E-state index contributed by atoms with van der Waals surface area (Å²) < 4.78 is 1.01. The van der Waals surface area contributed by atoms with Gasteiger partial charge in [0.2, 0.25) is 0 Å². The molecule has 0 radical (unpaired) electrons. The topological polar surface area (TPSA) is 63.5 Å². The molecule has 2 rings (SSSR count). The van der Waals surface area contributed by atoms with Crippen LogP contribution >= 0.6 is 38.6 Å². The highest BCUT2D eigenvalue weighted by atomic mass is 79.9. The van der Waals surface area contributed by atoms with Crippen molar-refractivity contribution in [2.24, 2.45) is 0 Å². The van der Waals surface area contributed by atoms with Crippen LogP contribution < -0.4 is 0 Å². The van der Waals surface area contributed by atoms with Gasteiger partial charge >= 0.3 is 5.00 Å². The lowest BCUT2D eigenvalue weighted by molar-refractivity contribution is -0.380. The molecule has 0 aliphatic carbocycles. The van der Waals surface area contributed by atoms with Gasteiger partial charge in [0.05, 0.1) is 13.6 Å². The molecule has 2 aromatic heterocycles. The third kappa shape index (κ3) is 3.40. The third-order valence-corrected chi connectivity index (χ3v) is 4.95. The average Bonchev–Trinajstić information content (AvgIpc) is 2.97. The number of hydrogen-bond acceptors (Lipinski definition) is 5. The maximum atomic E-state index is 12.1. The van der Waals surface area contributed by atoms with Gasteiger partial charge in [-0.2, -0.15) is 0 Å². The second kappa shape index (κ2) is 5.81. The summed E-state index contributed by atoms with van der Waals surface area (Å²) in [5.74, 6) is -0.208. The summed E-state index contributed by atoms with van der Waals surface area (Å²) >= 11 is 5.82. The predicted molar refractivity (Wildman–Crippen MR) is 78.8 cm³/mol. The summed E-state index contributed by atoms with van der Waals surface area (Å²) in [6.45, 7) is 0.479. The second-order valence-corrected chi connectivity index (χ2v) is 7.17. The number of carbonyl (C=O) groups excluding carboxylic acids is 1. The SMILES string of the molecule is CN(Cc1csc(Br)c1)C(=O)c1ccc([N+](=O)[O-])s1. The van der Waals surface area contributed by atoms with Crippen LogP contribution in [-0.4, -0.2) is 22.8 Å². The summed E-state index contributed by atoms with van der Waals surface area (Å²) in [5.41, 5.74) is 1.03. The Labute approximate surface area is 125 Å². The van der Waals surface area contributed by atoms with Crippen LogP contribution in [0.4, 0.5) is 5.00 Å². The van der Waals surface area contributed by atoms with Gasteiger partial charge in [-0.15, -0.1) is 11.3 Å². The summed E-state index contributed by atoms with van der Waals surface area (Å²) in [6.07, 6.45) is 0. The quantitative estimate of drug-likeness (QED) is 0.615. The number of nitro groups is 1. The van der Waals surface area contributed by atoms with Crippen LogP contribution in [0.3, 0.4) is 0 Å². The fourth-order valence-corrected chi connectivity index (χ4v) is 3.52. The lowest BCUT2D eigenvalue weighted by Crippen LogP contribution is -2.25. The van der Waals surface area contributed by atoms with E-state index in [1.807, 2.05) is 11.4 Å². The van der Waals surface area contributed by atoms with Gasteiger partial charge in [0.15, 0.2) is 0 Å². The van der Waals surface area contributed by atoms with Crippen LogP contribution in [0.1, 0.15) is 15.2 Å². The normalized spacial score (nSPS) is 10.4. The minimum Gasteiger partial charge on any atom is -0.337 e. The molecule has 0 saturated heterocycles. The number of halogens is 1. The molecule has 0 aliphatic heterocycles. The van der Waals surface area contributed by atoms with Crippen molar-refractivity contribution in [3.8, 4) is 0 Å². The van der Waals surface area contributed by atoms with Gasteiger partial charge in [0.25, 0.3) is 5.91 Å². The van der Waals surface area contributed by atoms with Crippen LogP contribution in [0, 0.1) is 10.1 Å². The maximum absolute atomic E-state index is 12.1. The second-order valence-electron chi connectivity index (χ2n) is 3.82. The van der Waals surface area contributed by atoms with Crippen molar-refractivity contribution in [2.75, 3.05) is 7.05 Å². The van der Waals surface area contributed by atoms with Crippen molar-refractivity contribution in [1.82, 2.24) is 4.90 Å². The van der Waals surface area contributed by atoms with Crippen molar-refractivity contribution in [3.05, 3.63) is 47.9 Å². The van der Waals surface area contributed by atoms with Gasteiger partial charge in [-0.1, -0.05) is 11.3 Å². The molecule has 0 spiro atoms. The Bertz CT molecular complexity index is 623. The number of carbonyl (C=O) groups is 1. The van der Waals surface area contributed by atoms with Crippen molar-refractivity contribution in [1.29, 1.82) is 0 Å². The Morgan fingerprint density at radius 3 is 2.79 bits per heavy atom. The molecule has 0 bridgehead atoms. The van der Waals surface area contributed by atoms with Crippen molar-refractivity contribution in [2.45, 2.75) is 6.54 Å². The van der Waals surface area contributed by atoms with E-state index in [1.54, 1.807) is 23.3 Å². The minimum atomic E-state index is -0.489. The first-order valence-electron chi connectivity index (χ1n) is 5.20. The Kier molecular flexibility index (Phi) is 4.33. The molecule has 0 saturated carbocycles. The third-order valence-electron chi connectivity index (χ3n) is 2.37. The highest BCUT2D eigenvalue weighted by Crippen LogP contribution is 2.26. The zero-order chi connectivity index (χ0) is 14.0. The van der Waals surface area contributed by atoms with E-state index in [0.29, 0.717) is 11.4 Å². The highest BCUT2D eigenvalue weighted by molar-refractivity contribution is 9.11. The molecular weight excluding hydrogens is 352 g/mol. The standard InChI is InChI=1S/C11H9BrN2O3S2/c1-13(5-7-4-9(12)18-6-7)11(15)8-2-3-10(19-8)14(16)17/h2-4,6H,5H2,1H3. The molecule has 8 heteroatoms. The Hall–Kier alpha value is -1.25. The lowest BCUT2D eigenvalue weighted by atomic mass is 10.3. The Morgan fingerprint density at radius 1 is 1.53 bits per heavy atom. The van der Waals surface area contributed by atoms with Gasteiger partial charge in [-0.25, -0.2) is 0 Å². The van der Waals surface area contributed by atoms with E-state index >= 15 is 0 Å². The van der Waals surface area contributed by atoms with E-state index in [0.717, 1.165) is 20.7 Å². The van der Waals surface area contributed by atoms with Gasteiger partial charge in [0, 0.05) is 19.7 Å². The van der Waals surface area contributed by atoms with Crippen molar-refractivity contribution < 1.29 is 9.72 Å². The molecule has 1 amide bonds. The number of nitrogens with zero attached hydrogens (tertiary/aromatic N) is 2.